The minimum Gasteiger partial charge on any atom is -0.493 e. The van der Waals surface area contributed by atoms with Gasteiger partial charge in [0.15, 0.2) is 17.7 Å². The molecule has 1 aliphatic heterocycles. The van der Waals surface area contributed by atoms with E-state index in [1.807, 2.05) is 36.5 Å². The fourth-order valence-corrected chi connectivity index (χ4v) is 3.88. The lowest BCUT2D eigenvalue weighted by Crippen LogP contribution is -3.12. The van der Waals surface area contributed by atoms with E-state index in [1.165, 1.54) is 10.5 Å². The summed E-state index contributed by atoms with van der Waals surface area (Å²) in [5, 5.41) is 1.75. The van der Waals surface area contributed by atoms with Crippen LogP contribution >= 0.6 is 11.6 Å². The van der Waals surface area contributed by atoms with Crippen LogP contribution in [0.5, 0.6) is 17.2 Å². The first-order valence-corrected chi connectivity index (χ1v) is 9.36. The lowest BCUT2D eigenvalue weighted by atomic mass is 10.1. The quantitative estimate of drug-likeness (QED) is 0.732. The van der Waals surface area contributed by atoms with E-state index in [-0.39, 0.29) is 0 Å². The highest BCUT2D eigenvalue weighted by Crippen LogP contribution is 2.33. The van der Waals surface area contributed by atoms with E-state index in [0.29, 0.717) is 6.73 Å². The first kappa shape index (κ1) is 17.9. The number of nitrogens with one attached hydrogen (secondary N) is 2. The molecule has 0 aliphatic carbocycles. The van der Waals surface area contributed by atoms with Crippen molar-refractivity contribution in [3.05, 3.63) is 58.7 Å². The number of ether oxygens (including phenoxy) is 3. The van der Waals surface area contributed by atoms with Crippen molar-refractivity contribution in [2.24, 2.45) is 0 Å². The molecule has 0 bridgehead atoms. The van der Waals surface area contributed by atoms with Crippen molar-refractivity contribution in [1.29, 1.82) is 0 Å². The average Bonchev–Trinajstić information content (AvgIpc) is 2.72. The molecule has 1 aliphatic rings. The summed E-state index contributed by atoms with van der Waals surface area (Å²) in [6, 6.07) is 12.1. The smallest absolute Gasteiger partial charge is 0.255 e. The Morgan fingerprint density at radius 3 is 2.81 bits per heavy atom. The van der Waals surface area contributed by atoms with Gasteiger partial charge in [0.05, 0.1) is 36.7 Å². The monoisotopic (exact) mass is 386 g/mol. The number of halogens is 1. The zero-order valence-corrected chi connectivity index (χ0v) is 16.2. The molecule has 1 unspecified atom stereocenters. The molecule has 1 aromatic heterocycles. The number of fused-ring (bicyclic) bond motifs is 3. The summed E-state index contributed by atoms with van der Waals surface area (Å²) >= 11 is 6.47. The molecule has 2 heterocycles. The predicted octanol–water partition coefficient (Wildman–Crippen LogP) is 2.30. The molecule has 0 saturated carbocycles. The molecule has 2 N–H and O–H groups in total. The molecule has 0 spiro atoms. The highest BCUT2D eigenvalue weighted by molar-refractivity contribution is 6.35. The molecule has 0 radical (unpaired) electrons. The van der Waals surface area contributed by atoms with Gasteiger partial charge in [-0.3, -0.25) is 4.90 Å². The topological polar surface area (TPSA) is 46.3 Å². The third kappa shape index (κ3) is 3.53. The maximum atomic E-state index is 6.47. The van der Waals surface area contributed by atoms with Crippen LogP contribution in [-0.4, -0.2) is 27.5 Å². The number of H-pyrrole nitrogens is 1. The van der Waals surface area contributed by atoms with Crippen LogP contribution in [0.4, 0.5) is 0 Å². The fraction of sp³-hybridized carbons (Fsp3) is 0.286. The summed E-state index contributed by atoms with van der Waals surface area (Å²) in [5.74, 6) is 2.44. The van der Waals surface area contributed by atoms with Crippen LogP contribution < -0.4 is 24.1 Å². The fourth-order valence-electron chi connectivity index (χ4n) is 3.59. The maximum absolute atomic E-state index is 6.47. The number of methoxy groups -OCH3 is 2. The molecule has 1 atom stereocenters. The first-order chi connectivity index (χ1) is 13.2. The molecule has 3 aromatic rings. The minimum atomic E-state index is 0.639. The highest BCUT2D eigenvalue weighted by Gasteiger charge is 2.26. The Morgan fingerprint density at radius 1 is 1.15 bits per heavy atom. The molecule has 0 saturated heterocycles. The second kappa shape index (κ2) is 7.62. The van der Waals surface area contributed by atoms with Crippen molar-refractivity contribution in [2.75, 3.05) is 27.5 Å². The normalized spacial score (nSPS) is 15.9. The van der Waals surface area contributed by atoms with E-state index < -0.39 is 0 Å². The standard InChI is InChI=1S/C21H21ClN2O3/c1-25-18-6-5-14(10-19(18)26-2)7-9-24-12-15-11-17(22)16-4-3-8-23-20(16)21(15)27-13-24/h3-6,8,10-11H,7,9,12-13H2,1-2H3/p+2. The maximum Gasteiger partial charge on any atom is 0.255 e. The van der Waals surface area contributed by atoms with Crippen molar-refractivity contribution < 1.29 is 24.1 Å². The third-order valence-electron chi connectivity index (χ3n) is 5.01. The summed E-state index contributed by atoms with van der Waals surface area (Å²) in [4.78, 5) is 4.64. The number of pyridine rings is 1. The second-order valence-corrected chi connectivity index (χ2v) is 7.12. The van der Waals surface area contributed by atoms with E-state index in [1.54, 1.807) is 14.2 Å². The Balaban J connectivity index is 1.49. The molecule has 140 valence electrons. The molecule has 0 amide bonds. The predicted molar refractivity (Wildman–Crippen MR) is 104 cm³/mol. The lowest BCUT2D eigenvalue weighted by Gasteiger charge is -2.26. The summed E-state index contributed by atoms with van der Waals surface area (Å²) in [6.07, 6.45) is 2.83. The van der Waals surface area contributed by atoms with Crippen LogP contribution in [-0.2, 0) is 13.0 Å². The Kier molecular flexibility index (Phi) is 5.05. The molecule has 0 fully saturated rings. The molecule has 6 heteroatoms. The summed E-state index contributed by atoms with van der Waals surface area (Å²) in [6.45, 7) is 2.49. The summed E-state index contributed by atoms with van der Waals surface area (Å²) < 4.78 is 16.8. The number of benzene rings is 2. The van der Waals surface area contributed by atoms with Crippen molar-refractivity contribution in [3.8, 4) is 17.2 Å². The van der Waals surface area contributed by atoms with E-state index in [0.717, 1.165) is 58.2 Å². The number of hydrogen-bond acceptors (Lipinski definition) is 3. The zero-order valence-electron chi connectivity index (χ0n) is 15.5. The minimum absolute atomic E-state index is 0.639. The van der Waals surface area contributed by atoms with Crippen LogP contribution in [0.1, 0.15) is 11.1 Å². The molecule has 4 rings (SSSR count). The zero-order chi connectivity index (χ0) is 18.8. The number of aromatic amines is 1. The molecule has 27 heavy (non-hydrogen) atoms. The number of quaternary nitrogens is 1. The SMILES string of the molecule is COc1ccc(CC[NH+]2COc3c(cc(Cl)c4ccc[nH+]c34)C2)cc1OC. The number of aromatic nitrogens is 1. The van der Waals surface area contributed by atoms with Gasteiger partial charge in [-0.2, -0.15) is 0 Å². The largest absolute Gasteiger partial charge is 0.493 e. The van der Waals surface area contributed by atoms with Gasteiger partial charge in [0.25, 0.3) is 5.52 Å². The average molecular weight is 387 g/mol. The molecular weight excluding hydrogens is 364 g/mol. The Labute approximate surface area is 163 Å². The van der Waals surface area contributed by atoms with E-state index >= 15 is 0 Å². The van der Waals surface area contributed by atoms with E-state index in [4.69, 9.17) is 25.8 Å². The van der Waals surface area contributed by atoms with Crippen molar-refractivity contribution in [1.82, 2.24) is 0 Å². The Bertz CT molecular complexity index is 977. The van der Waals surface area contributed by atoms with Gasteiger partial charge in [-0.05, 0) is 29.8 Å². The summed E-state index contributed by atoms with van der Waals surface area (Å²) in [5.41, 5.74) is 3.33. The van der Waals surface area contributed by atoms with Crippen LogP contribution in [0.2, 0.25) is 5.02 Å². The lowest BCUT2D eigenvalue weighted by molar-refractivity contribution is -0.932. The van der Waals surface area contributed by atoms with Gasteiger partial charge in [0, 0.05) is 12.5 Å². The third-order valence-corrected chi connectivity index (χ3v) is 5.32. The highest BCUT2D eigenvalue weighted by atomic mass is 35.5. The van der Waals surface area contributed by atoms with Gasteiger partial charge >= 0.3 is 0 Å². The van der Waals surface area contributed by atoms with Gasteiger partial charge in [-0.1, -0.05) is 17.7 Å². The second-order valence-electron chi connectivity index (χ2n) is 6.71. The summed E-state index contributed by atoms with van der Waals surface area (Å²) in [7, 11) is 3.31. The Morgan fingerprint density at radius 2 is 2.00 bits per heavy atom. The van der Waals surface area contributed by atoms with Gasteiger partial charge in [-0.15, -0.1) is 0 Å². The van der Waals surface area contributed by atoms with Gasteiger partial charge in [0.2, 0.25) is 12.5 Å². The van der Waals surface area contributed by atoms with Gasteiger partial charge in [0.1, 0.15) is 6.54 Å². The molecule has 2 aromatic carbocycles. The van der Waals surface area contributed by atoms with E-state index in [2.05, 4.69) is 11.1 Å². The molecular formula is C21H23ClN2O3+2. The Hall–Kier alpha value is -2.50. The first-order valence-electron chi connectivity index (χ1n) is 8.98. The van der Waals surface area contributed by atoms with Crippen LogP contribution in [0.25, 0.3) is 10.9 Å². The van der Waals surface area contributed by atoms with Crippen LogP contribution in [0, 0.1) is 0 Å². The van der Waals surface area contributed by atoms with Crippen LogP contribution in [0.15, 0.2) is 42.6 Å². The van der Waals surface area contributed by atoms with Crippen LogP contribution in [0.3, 0.4) is 0 Å². The van der Waals surface area contributed by atoms with Crippen molar-refractivity contribution in [3.63, 3.8) is 0 Å². The molecule has 5 nitrogen and oxygen atoms in total. The van der Waals surface area contributed by atoms with E-state index in [9.17, 15) is 0 Å². The van der Waals surface area contributed by atoms with Gasteiger partial charge in [-0.25, -0.2) is 4.98 Å². The number of hydrogen-bond donors (Lipinski definition) is 1. The number of rotatable bonds is 5. The van der Waals surface area contributed by atoms with Crippen molar-refractivity contribution >= 4 is 22.5 Å². The van der Waals surface area contributed by atoms with Gasteiger partial charge < -0.3 is 14.2 Å². The van der Waals surface area contributed by atoms with Crippen molar-refractivity contribution in [2.45, 2.75) is 13.0 Å².